The first-order chi connectivity index (χ1) is 15.3. The summed E-state index contributed by atoms with van der Waals surface area (Å²) < 4.78 is 7.63. The molecular weight excluding hydrogens is 404 g/mol. The fourth-order valence-corrected chi connectivity index (χ4v) is 3.66. The van der Waals surface area contributed by atoms with Crippen LogP contribution in [0, 0.1) is 27.7 Å². The van der Waals surface area contributed by atoms with Gasteiger partial charge in [0.05, 0.1) is 24.2 Å². The molecule has 0 unspecified atom stereocenters. The number of para-hydroxylation sites is 3. The molecule has 0 spiro atoms. The minimum absolute atomic E-state index is 0.427. The summed E-state index contributed by atoms with van der Waals surface area (Å²) >= 11 is 0. The Hall–Kier alpha value is -3.87. The van der Waals surface area contributed by atoms with Crippen LogP contribution in [-0.2, 0) is 9.59 Å². The first kappa shape index (κ1) is 22.8. The number of rotatable bonds is 6. The van der Waals surface area contributed by atoms with Crippen molar-refractivity contribution >= 4 is 23.7 Å². The number of amides is 2. The quantitative estimate of drug-likeness (QED) is 0.348. The summed E-state index contributed by atoms with van der Waals surface area (Å²) in [4.78, 5) is 24.4. The molecule has 3 rings (SSSR count). The smallest absolute Gasteiger partial charge is 0.329 e. The zero-order valence-corrected chi connectivity index (χ0v) is 19.0. The maximum Gasteiger partial charge on any atom is 0.329 e. The van der Waals surface area contributed by atoms with Gasteiger partial charge < -0.3 is 14.6 Å². The van der Waals surface area contributed by atoms with E-state index in [0.717, 1.165) is 22.6 Å². The maximum atomic E-state index is 12.2. The average molecular weight is 433 g/mol. The molecule has 0 saturated heterocycles. The number of aryl methyl sites for hydroxylation is 3. The number of hydrogen-bond acceptors (Lipinski definition) is 4. The van der Waals surface area contributed by atoms with Crippen LogP contribution in [0.15, 0.2) is 53.6 Å². The van der Waals surface area contributed by atoms with E-state index in [1.54, 1.807) is 30.5 Å². The molecule has 7 nitrogen and oxygen atoms in total. The molecule has 7 heteroatoms. The second-order valence-corrected chi connectivity index (χ2v) is 7.48. The number of carbonyl (C=O) groups is 2. The summed E-state index contributed by atoms with van der Waals surface area (Å²) in [6.07, 6.45) is 1.55. The lowest BCUT2D eigenvalue weighted by Gasteiger charge is -2.15. The van der Waals surface area contributed by atoms with Crippen molar-refractivity contribution in [1.82, 2.24) is 9.99 Å². The van der Waals surface area contributed by atoms with Crippen LogP contribution in [0.25, 0.3) is 5.69 Å². The fraction of sp³-hybridized carbons (Fsp3) is 0.240. The molecule has 166 valence electrons. The topological polar surface area (TPSA) is 84.7 Å². The van der Waals surface area contributed by atoms with E-state index in [0.29, 0.717) is 18.0 Å². The third-order valence-corrected chi connectivity index (χ3v) is 5.14. The molecule has 0 aliphatic heterocycles. The van der Waals surface area contributed by atoms with Crippen LogP contribution in [-0.4, -0.2) is 29.2 Å². The molecule has 0 saturated carbocycles. The number of benzene rings is 2. The third-order valence-electron chi connectivity index (χ3n) is 5.14. The van der Waals surface area contributed by atoms with E-state index < -0.39 is 11.8 Å². The summed E-state index contributed by atoms with van der Waals surface area (Å²) in [5, 5.41) is 6.54. The van der Waals surface area contributed by atoms with Crippen LogP contribution >= 0.6 is 0 Å². The summed E-state index contributed by atoms with van der Waals surface area (Å²) in [5.41, 5.74) is 9.10. The average Bonchev–Trinajstić information content (AvgIpc) is 3.03. The highest BCUT2D eigenvalue weighted by Crippen LogP contribution is 2.25. The Balaban J connectivity index is 1.72. The number of hydrazone groups is 1. The number of nitrogens with one attached hydrogen (secondary N) is 2. The van der Waals surface area contributed by atoms with Crippen molar-refractivity contribution in [2.45, 2.75) is 34.6 Å². The van der Waals surface area contributed by atoms with Gasteiger partial charge in [-0.3, -0.25) is 9.59 Å². The van der Waals surface area contributed by atoms with Gasteiger partial charge in [0.2, 0.25) is 0 Å². The minimum Gasteiger partial charge on any atom is -0.492 e. The molecule has 3 aromatic rings. The lowest BCUT2D eigenvalue weighted by Crippen LogP contribution is -2.32. The van der Waals surface area contributed by atoms with Gasteiger partial charge in [0.1, 0.15) is 5.75 Å². The van der Waals surface area contributed by atoms with E-state index in [1.165, 1.54) is 11.1 Å². The molecule has 2 aromatic carbocycles. The number of nitrogens with zero attached hydrogens (tertiary/aromatic N) is 2. The van der Waals surface area contributed by atoms with Gasteiger partial charge in [-0.1, -0.05) is 30.3 Å². The van der Waals surface area contributed by atoms with Crippen LogP contribution < -0.4 is 15.5 Å². The Morgan fingerprint density at radius 3 is 2.38 bits per heavy atom. The predicted octanol–water partition coefficient (Wildman–Crippen LogP) is 4.20. The van der Waals surface area contributed by atoms with Crippen LogP contribution in [0.5, 0.6) is 5.75 Å². The number of ether oxygens (including phenoxy) is 1. The lowest BCUT2D eigenvalue weighted by atomic mass is 10.1. The van der Waals surface area contributed by atoms with E-state index in [-0.39, 0.29) is 0 Å². The van der Waals surface area contributed by atoms with Crippen molar-refractivity contribution in [3.63, 3.8) is 0 Å². The second kappa shape index (κ2) is 9.96. The van der Waals surface area contributed by atoms with E-state index in [4.69, 9.17) is 4.74 Å². The zero-order valence-electron chi connectivity index (χ0n) is 19.0. The maximum absolute atomic E-state index is 12.2. The van der Waals surface area contributed by atoms with Gasteiger partial charge in [-0.2, -0.15) is 5.10 Å². The van der Waals surface area contributed by atoms with Crippen LogP contribution in [0.1, 0.15) is 35.0 Å². The normalized spacial score (nSPS) is 10.9. The summed E-state index contributed by atoms with van der Waals surface area (Å²) in [6, 6.07) is 15.1. The molecular formula is C25H28N4O3. The lowest BCUT2D eigenvalue weighted by molar-refractivity contribution is -0.136. The van der Waals surface area contributed by atoms with Crippen molar-refractivity contribution in [3.05, 3.63) is 76.6 Å². The summed E-state index contributed by atoms with van der Waals surface area (Å²) in [7, 11) is 0. The molecule has 0 radical (unpaired) electrons. The van der Waals surface area contributed by atoms with Crippen LogP contribution in [0.4, 0.5) is 5.69 Å². The highest BCUT2D eigenvalue weighted by atomic mass is 16.5. The Labute approximate surface area is 188 Å². The van der Waals surface area contributed by atoms with Crippen molar-refractivity contribution in [2.75, 3.05) is 11.9 Å². The molecule has 0 atom stereocenters. The third kappa shape index (κ3) is 4.88. The molecule has 2 amide bonds. The van der Waals surface area contributed by atoms with Gasteiger partial charge in [-0.15, -0.1) is 0 Å². The highest BCUT2D eigenvalue weighted by molar-refractivity contribution is 6.39. The number of hydrogen-bond donors (Lipinski definition) is 2. The summed E-state index contributed by atoms with van der Waals surface area (Å²) in [5.74, 6) is -1.19. The zero-order chi connectivity index (χ0) is 23.3. The molecule has 0 fully saturated rings. The van der Waals surface area contributed by atoms with E-state index >= 15 is 0 Å². The Morgan fingerprint density at radius 2 is 1.69 bits per heavy atom. The van der Waals surface area contributed by atoms with Gasteiger partial charge in [0.15, 0.2) is 0 Å². The first-order valence-corrected chi connectivity index (χ1v) is 10.4. The number of carbonyl (C=O) groups excluding carboxylic acids is 2. The highest BCUT2D eigenvalue weighted by Gasteiger charge is 2.16. The molecule has 0 aliphatic rings. The Morgan fingerprint density at radius 1 is 1.00 bits per heavy atom. The number of anilines is 1. The van der Waals surface area contributed by atoms with Crippen molar-refractivity contribution < 1.29 is 14.3 Å². The minimum atomic E-state index is -0.865. The van der Waals surface area contributed by atoms with Crippen molar-refractivity contribution in [3.8, 4) is 11.4 Å². The molecule has 1 heterocycles. The molecule has 2 N–H and O–H groups in total. The van der Waals surface area contributed by atoms with Gasteiger partial charge in [-0.25, -0.2) is 5.43 Å². The van der Waals surface area contributed by atoms with Crippen molar-refractivity contribution in [2.24, 2.45) is 5.10 Å². The van der Waals surface area contributed by atoms with E-state index in [2.05, 4.69) is 46.4 Å². The Kier molecular flexibility index (Phi) is 7.10. The molecule has 1 aromatic heterocycles. The monoisotopic (exact) mass is 432 g/mol. The van der Waals surface area contributed by atoms with Gasteiger partial charge >= 0.3 is 11.8 Å². The second-order valence-electron chi connectivity index (χ2n) is 7.48. The Bertz CT molecular complexity index is 1160. The van der Waals surface area contributed by atoms with E-state index in [1.807, 2.05) is 32.9 Å². The molecule has 0 bridgehead atoms. The van der Waals surface area contributed by atoms with Crippen LogP contribution in [0.2, 0.25) is 0 Å². The molecule has 32 heavy (non-hydrogen) atoms. The number of aromatic nitrogens is 1. The molecule has 0 aliphatic carbocycles. The standard InChI is InChI=1S/C25H28N4O3/c1-6-32-22-13-8-7-12-21(22)27-24(30)25(31)28-26-15-20-14-18(4)29(19(20)5)23-16(2)10-9-11-17(23)3/h7-15H,6H2,1-5H3,(H,27,30)(H,28,31)/b26-15-. The van der Waals surface area contributed by atoms with Crippen molar-refractivity contribution in [1.29, 1.82) is 0 Å². The SMILES string of the molecule is CCOc1ccccc1NC(=O)C(=O)N/N=C\c1cc(C)n(-c2c(C)cccc2C)c1C. The summed E-state index contributed by atoms with van der Waals surface area (Å²) in [6.45, 7) is 10.5. The van der Waals surface area contributed by atoms with Gasteiger partial charge in [0.25, 0.3) is 0 Å². The largest absolute Gasteiger partial charge is 0.492 e. The van der Waals surface area contributed by atoms with Crippen LogP contribution in [0.3, 0.4) is 0 Å². The first-order valence-electron chi connectivity index (χ1n) is 10.4. The van der Waals surface area contributed by atoms with Gasteiger partial charge in [-0.05, 0) is 63.9 Å². The van der Waals surface area contributed by atoms with E-state index in [9.17, 15) is 9.59 Å². The fourth-order valence-electron chi connectivity index (χ4n) is 3.66. The predicted molar refractivity (Wildman–Crippen MR) is 127 cm³/mol. The van der Waals surface area contributed by atoms with Gasteiger partial charge in [0, 0.05) is 17.0 Å².